The van der Waals surface area contributed by atoms with Crippen LogP contribution in [0, 0.1) is 5.92 Å². The van der Waals surface area contributed by atoms with E-state index in [4.69, 9.17) is 9.72 Å². The Labute approximate surface area is 159 Å². The van der Waals surface area contributed by atoms with E-state index in [1.54, 1.807) is 32.1 Å². The van der Waals surface area contributed by atoms with Crippen molar-refractivity contribution in [2.75, 3.05) is 0 Å². The minimum Gasteiger partial charge on any atom is -0.480 e. The van der Waals surface area contributed by atoms with Crippen LogP contribution in [0.15, 0.2) is 5.38 Å². The number of carbonyl (C=O) groups excluding carboxylic acids is 1. The molecule has 3 atom stereocenters. The summed E-state index contributed by atoms with van der Waals surface area (Å²) < 4.78 is 5.43. The van der Waals surface area contributed by atoms with Crippen molar-refractivity contribution in [3.8, 4) is 0 Å². The number of amides is 1. The highest BCUT2D eigenvalue weighted by Crippen LogP contribution is 2.35. The van der Waals surface area contributed by atoms with Crippen LogP contribution in [-0.2, 0) is 21.4 Å². The Morgan fingerprint density at radius 3 is 2.38 bits per heavy atom. The van der Waals surface area contributed by atoms with Crippen molar-refractivity contribution in [3.05, 3.63) is 16.1 Å². The maximum atomic E-state index is 12.5. The summed E-state index contributed by atoms with van der Waals surface area (Å²) in [7, 11) is 0. The molecule has 26 heavy (non-hydrogen) atoms. The van der Waals surface area contributed by atoms with Crippen molar-refractivity contribution in [2.45, 2.75) is 84.4 Å². The minimum absolute atomic E-state index is 0.0117. The molecule has 1 aromatic heterocycles. The predicted octanol–water partition coefficient (Wildman–Crippen LogP) is 4.08. The molecule has 0 unspecified atom stereocenters. The van der Waals surface area contributed by atoms with E-state index in [0.29, 0.717) is 12.8 Å². The first-order valence-corrected chi connectivity index (χ1v) is 9.86. The number of nitrogens with zero attached hydrogens (tertiary/aromatic N) is 2. The van der Waals surface area contributed by atoms with Crippen molar-refractivity contribution >= 4 is 23.4 Å². The van der Waals surface area contributed by atoms with Crippen LogP contribution in [0.3, 0.4) is 0 Å². The maximum absolute atomic E-state index is 12.5. The largest absolute Gasteiger partial charge is 0.480 e. The Balaban J connectivity index is 2.17. The van der Waals surface area contributed by atoms with Crippen molar-refractivity contribution in [1.82, 2.24) is 9.88 Å². The van der Waals surface area contributed by atoms with Gasteiger partial charge in [-0.25, -0.2) is 14.6 Å². The summed E-state index contributed by atoms with van der Waals surface area (Å²) in [5.41, 5.74) is 0.374. The van der Waals surface area contributed by atoms with Gasteiger partial charge in [0, 0.05) is 23.3 Å². The number of carboxylic acid groups (broad SMARTS) is 1. The summed E-state index contributed by atoms with van der Waals surface area (Å²) >= 11 is 1.60. The van der Waals surface area contributed by atoms with Gasteiger partial charge < -0.3 is 9.84 Å². The summed E-state index contributed by atoms with van der Waals surface area (Å²) in [5.74, 6) is -0.942. The molecule has 0 aliphatic carbocycles. The van der Waals surface area contributed by atoms with Gasteiger partial charge >= 0.3 is 12.1 Å². The van der Waals surface area contributed by atoms with Crippen LogP contribution in [0.4, 0.5) is 4.79 Å². The molecule has 0 radical (unpaired) electrons. The van der Waals surface area contributed by atoms with Crippen LogP contribution in [-0.4, -0.2) is 44.7 Å². The molecule has 0 aromatic carbocycles. The van der Waals surface area contributed by atoms with E-state index in [1.165, 1.54) is 4.90 Å². The lowest BCUT2D eigenvalue weighted by Crippen LogP contribution is -2.46. The zero-order chi connectivity index (χ0) is 19.9. The first kappa shape index (κ1) is 20.7. The molecule has 1 amide bonds. The van der Waals surface area contributed by atoms with Gasteiger partial charge in [0.25, 0.3) is 0 Å². The molecule has 7 heteroatoms. The Morgan fingerprint density at radius 1 is 1.31 bits per heavy atom. The average molecular weight is 383 g/mol. The van der Waals surface area contributed by atoms with Crippen LogP contribution in [0.5, 0.6) is 0 Å². The first-order valence-electron chi connectivity index (χ1n) is 8.98. The van der Waals surface area contributed by atoms with E-state index >= 15 is 0 Å². The van der Waals surface area contributed by atoms with Gasteiger partial charge in [-0.1, -0.05) is 20.8 Å². The lowest BCUT2D eigenvalue weighted by atomic mass is 9.93. The van der Waals surface area contributed by atoms with Crippen LogP contribution >= 0.6 is 11.3 Å². The van der Waals surface area contributed by atoms with Gasteiger partial charge in [-0.3, -0.25) is 4.90 Å². The third-order valence-electron chi connectivity index (χ3n) is 4.63. The number of hydrogen-bond donors (Lipinski definition) is 1. The smallest absolute Gasteiger partial charge is 0.411 e. The van der Waals surface area contributed by atoms with Gasteiger partial charge in [-0.05, 0) is 40.0 Å². The third kappa shape index (κ3) is 4.75. The zero-order valence-electron chi connectivity index (χ0n) is 16.7. The second-order valence-electron chi connectivity index (χ2n) is 9.06. The lowest BCUT2D eigenvalue weighted by molar-refractivity contribution is -0.142. The summed E-state index contributed by atoms with van der Waals surface area (Å²) in [6.45, 7) is 13.6. The van der Waals surface area contributed by atoms with Gasteiger partial charge in [0.15, 0.2) is 0 Å². The number of carboxylic acids is 1. The Morgan fingerprint density at radius 2 is 1.92 bits per heavy atom. The standard InChI is InChI=1S/C19H30N2O4S/c1-11-12(9-15-20-14(10-26-15)18(2,3)4)8-13(16(22)23)21(11)17(24)25-19(5,6)7/h10-13H,8-9H2,1-7H3,(H,22,23)/t11-,12-,13+/m1/s1. The highest BCUT2D eigenvalue weighted by atomic mass is 32.1. The van der Waals surface area contributed by atoms with Crippen LogP contribution in [0.1, 0.15) is 65.6 Å². The Hall–Kier alpha value is -1.63. The quantitative estimate of drug-likeness (QED) is 0.852. The molecular formula is C19H30N2O4S. The first-order chi connectivity index (χ1) is 11.8. The summed E-state index contributed by atoms with van der Waals surface area (Å²) in [6.07, 6.45) is 0.528. The predicted molar refractivity (Wildman–Crippen MR) is 102 cm³/mol. The number of hydrogen-bond acceptors (Lipinski definition) is 5. The second kappa shape index (κ2) is 7.18. The molecule has 1 aromatic rings. The molecule has 0 spiro atoms. The minimum atomic E-state index is -0.986. The van der Waals surface area contributed by atoms with E-state index in [-0.39, 0.29) is 17.4 Å². The fourth-order valence-electron chi connectivity index (χ4n) is 3.16. The third-order valence-corrected chi connectivity index (χ3v) is 5.50. The van der Waals surface area contributed by atoms with E-state index in [0.717, 1.165) is 10.7 Å². The molecule has 1 N–H and O–H groups in total. The van der Waals surface area contributed by atoms with E-state index < -0.39 is 23.7 Å². The molecular weight excluding hydrogens is 352 g/mol. The van der Waals surface area contributed by atoms with E-state index in [1.807, 2.05) is 6.92 Å². The number of aromatic nitrogens is 1. The van der Waals surface area contributed by atoms with Gasteiger partial charge in [0.1, 0.15) is 11.6 Å². The molecule has 0 bridgehead atoms. The van der Waals surface area contributed by atoms with Crippen LogP contribution in [0.2, 0.25) is 0 Å². The highest BCUT2D eigenvalue weighted by Gasteiger charge is 2.46. The lowest BCUT2D eigenvalue weighted by Gasteiger charge is -2.30. The molecule has 146 valence electrons. The van der Waals surface area contributed by atoms with Crippen molar-refractivity contribution in [2.24, 2.45) is 5.92 Å². The zero-order valence-corrected chi connectivity index (χ0v) is 17.5. The molecule has 1 fully saturated rings. The van der Waals surface area contributed by atoms with Crippen molar-refractivity contribution in [1.29, 1.82) is 0 Å². The summed E-state index contributed by atoms with van der Waals surface area (Å²) in [4.78, 5) is 30.3. The number of ether oxygens (including phenoxy) is 1. The fourth-order valence-corrected chi connectivity index (χ4v) is 4.28. The van der Waals surface area contributed by atoms with Gasteiger partial charge in [0.05, 0.1) is 10.7 Å². The van der Waals surface area contributed by atoms with E-state index in [2.05, 4.69) is 26.2 Å². The monoisotopic (exact) mass is 382 g/mol. The number of likely N-dealkylation sites (tertiary alicyclic amines) is 1. The second-order valence-corrected chi connectivity index (χ2v) is 10.0. The molecule has 1 aliphatic heterocycles. The van der Waals surface area contributed by atoms with Crippen LogP contribution < -0.4 is 0 Å². The van der Waals surface area contributed by atoms with Crippen molar-refractivity contribution < 1.29 is 19.4 Å². The molecule has 1 saturated heterocycles. The molecule has 0 saturated carbocycles. The van der Waals surface area contributed by atoms with Crippen LogP contribution in [0.25, 0.3) is 0 Å². The topological polar surface area (TPSA) is 79.7 Å². The maximum Gasteiger partial charge on any atom is 0.411 e. The molecule has 2 heterocycles. The van der Waals surface area contributed by atoms with Gasteiger partial charge in [0.2, 0.25) is 0 Å². The summed E-state index contributed by atoms with van der Waals surface area (Å²) in [5, 5.41) is 12.6. The van der Waals surface area contributed by atoms with Gasteiger partial charge in [-0.15, -0.1) is 11.3 Å². The number of carbonyl (C=O) groups is 2. The normalized spacial score (nSPS) is 24.0. The number of rotatable bonds is 3. The SMILES string of the molecule is C[C@@H]1[C@@H](Cc2nc(C(C)(C)C)cs2)C[C@@H](C(=O)O)N1C(=O)OC(C)(C)C. The Kier molecular flexibility index (Phi) is 5.71. The molecule has 6 nitrogen and oxygen atoms in total. The van der Waals surface area contributed by atoms with Crippen molar-refractivity contribution in [3.63, 3.8) is 0 Å². The summed E-state index contributed by atoms with van der Waals surface area (Å²) in [6, 6.07) is -1.07. The molecule has 2 rings (SSSR count). The number of thiazole rings is 1. The number of aliphatic carboxylic acids is 1. The van der Waals surface area contributed by atoms with Gasteiger partial charge in [-0.2, -0.15) is 0 Å². The Bertz CT molecular complexity index is 672. The average Bonchev–Trinajstić information content (AvgIpc) is 3.03. The van der Waals surface area contributed by atoms with E-state index in [9.17, 15) is 14.7 Å². The highest BCUT2D eigenvalue weighted by molar-refractivity contribution is 7.09. The fraction of sp³-hybridized carbons (Fsp3) is 0.737. The molecule has 1 aliphatic rings.